The molecule has 3 rings (SSSR count). The summed E-state index contributed by atoms with van der Waals surface area (Å²) in [5.74, 6) is 1.18. The lowest BCUT2D eigenvalue weighted by molar-refractivity contribution is 0.0993. The van der Waals surface area contributed by atoms with Gasteiger partial charge in [0, 0.05) is 11.6 Å². The van der Waals surface area contributed by atoms with Crippen LogP contribution in [0.1, 0.15) is 30.1 Å². The minimum Gasteiger partial charge on any atom is -0.493 e. The number of hydrogen-bond donors (Lipinski definition) is 1. The fourth-order valence-corrected chi connectivity index (χ4v) is 4.20. The van der Waals surface area contributed by atoms with E-state index in [4.69, 9.17) is 9.47 Å². The van der Waals surface area contributed by atoms with E-state index in [0.29, 0.717) is 23.1 Å². The van der Waals surface area contributed by atoms with Gasteiger partial charge in [0.2, 0.25) is 5.13 Å². The van der Waals surface area contributed by atoms with Crippen molar-refractivity contribution < 1.29 is 14.3 Å². The highest BCUT2D eigenvalue weighted by Crippen LogP contribution is 2.34. The SMILES string of the molecule is COc1ccc(C(=O)[C@H](C)Sc2nnc(NC3CC3)s2)cc1OC. The first-order valence-corrected chi connectivity index (χ1v) is 9.33. The summed E-state index contributed by atoms with van der Waals surface area (Å²) in [6, 6.07) is 5.74. The number of carbonyl (C=O) groups excluding carboxylic acids is 1. The number of hydrogen-bond acceptors (Lipinski definition) is 8. The van der Waals surface area contributed by atoms with Gasteiger partial charge in [-0.3, -0.25) is 4.79 Å². The second-order valence-electron chi connectivity index (χ2n) is 5.49. The van der Waals surface area contributed by atoms with Crippen LogP contribution >= 0.6 is 23.1 Å². The van der Waals surface area contributed by atoms with Crippen molar-refractivity contribution in [3.05, 3.63) is 23.8 Å². The molecule has 1 fully saturated rings. The quantitative estimate of drug-likeness (QED) is 0.567. The lowest BCUT2D eigenvalue weighted by atomic mass is 10.1. The van der Waals surface area contributed by atoms with Gasteiger partial charge in [0.25, 0.3) is 0 Å². The molecule has 0 unspecified atom stereocenters. The second kappa shape index (κ2) is 7.40. The van der Waals surface area contributed by atoms with Crippen molar-refractivity contribution in [2.45, 2.75) is 35.4 Å². The number of ether oxygens (including phenoxy) is 2. The van der Waals surface area contributed by atoms with Crippen molar-refractivity contribution in [1.82, 2.24) is 10.2 Å². The number of Topliss-reactive ketones (excluding diaryl/α,β-unsaturated/α-hetero) is 1. The highest BCUT2D eigenvalue weighted by molar-refractivity contribution is 8.02. The Balaban J connectivity index is 1.66. The Hall–Kier alpha value is -1.80. The van der Waals surface area contributed by atoms with Crippen LogP contribution in [0.25, 0.3) is 0 Å². The smallest absolute Gasteiger partial charge is 0.206 e. The zero-order valence-electron chi connectivity index (χ0n) is 13.7. The summed E-state index contributed by atoms with van der Waals surface area (Å²) in [4.78, 5) is 12.6. The van der Waals surface area contributed by atoms with Crippen LogP contribution in [-0.4, -0.2) is 41.5 Å². The number of thioether (sulfide) groups is 1. The van der Waals surface area contributed by atoms with Crippen molar-refractivity contribution in [3.63, 3.8) is 0 Å². The number of aromatic nitrogens is 2. The van der Waals surface area contributed by atoms with E-state index in [1.165, 1.54) is 35.9 Å². The molecule has 1 heterocycles. The van der Waals surface area contributed by atoms with E-state index in [1.54, 1.807) is 32.4 Å². The Labute approximate surface area is 149 Å². The maximum Gasteiger partial charge on any atom is 0.206 e. The van der Waals surface area contributed by atoms with E-state index < -0.39 is 0 Å². The maximum atomic E-state index is 12.6. The van der Waals surface area contributed by atoms with Gasteiger partial charge in [-0.2, -0.15) is 0 Å². The van der Waals surface area contributed by atoms with Gasteiger partial charge in [0.1, 0.15) is 0 Å². The Morgan fingerprint density at radius 3 is 2.71 bits per heavy atom. The lowest BCUT2D eigenvalue weighted by Crippen LogP contribution is -2.13. The summed E-state index contributed by atoms with van der Waals surface area (Å²) >= 11 is 2.91. The first-order valence-electron chi connectivity index (χ1n) is 7.63. The van der Waals surface area contributed by atoms with E-state index in [9.17, 15) is 4.79 Å². The molecule has 8 heteroatoms. The third kappa shape index (κ3) is 3.99. The molecule has 0 aliphatic heterocycles. The molecule has 128 valence electrons. The van der Waals surface area contributed by atoms with Gasteiger partial charge in [0.15, 0.2) is 21.6 Å². The van der Waals surface area contributed by atoms with Gasteiger partial charge in [-0.1, -0.05) is 23.1 Å². The Morgan fingerprint density at radius 1 is 1.29 bits per heavy atom. The van der Waals surface area contributed by atoms with Gasteiger partial charge in [-0.05, 0) is 38.0 Å². The molecule has 1 aliphatic carbocycles. The van der Waals surface area contributed by atoms with Gasteiger partial charge in [-0.15, -0.1) is 10.2 Å². The van der Waals surface area contributed by atoms with Crippen molar-refractivity contribution in [3.8, 4) is 11.5 Å². The van der Waals surface area contributed by atoms with Gasteiger partial charge in [0.05, 0.1) is 19.5 Å². The highest BCUT2D eigenvalue weighted by atomic mass is 32.2. The molecular weight excluding hydrogens is 346 g/mol. The molecule has 1 aromatic heterocycles. The molecule has 0 bridgehead atoms. The molecule has 2 aromatic rings. The average Bonchev–Trinajstić information content (AvgIpc) is 3.31. The van der Waals surface area contributed by atoms with Gasteiger partial charge < -0.3 is 14.8 Å². The predicted molar refractivity (Wildman–Crippen MR) is 95.7 cm³/mol. The summed E-state index contributed by atoms with van der Waals surface area (Å²) in [6.45, 7) is 1.87. The second-order valence-corrected chi connectivity index (χ2v) is 8.05. The molecule has 0 radical (unpaired) electrons. The number of nitrogens with one attached hydrogen (secondary N) is 1. The first kappa shape index (κ1) is 17.0. The van der Waals surface area contributed by atoms with Crippen LogP contribution < -0.4 is 14.8 Å². The summed E-state index contributed by atoms with van der Waals surface area (Å²) in [6.07, 6.45) is 2.38. The van der Waals surface area contributed by atoms with Crippen molar-refractivity contribution in [1.29, 1.82) is 0 Å². The van der Waals surface area contributed by atoms with E-state index >= 15 is 0 Å². The van der Waals surface area contributed by atoms with Crippen molar-refractivity contribution >= 4 is 34.0 Å². The van der Waals surface area contributed by atoms with Gasteiger partial charge >= 0.3 is 0 Å². The number of nitrogens with zero attached hydrogens (tertiary/aromatic N) is 2. The van der Waals surface area contributed by atoms with Crippen LogP contribution in [0.2, 0.25) is 0 Å². The third-order valence-electron chi connectivity index (χ3n) is 3.63. The van der Waals surface area contributed by atoms with E-state index in [2.05, 4.69) is 15.5 Å². The van der Waals surface area contributed by atoms with Crippen LogP contribution in [-0.2, 0) is 0 Å². The molecular formula is C16H19N3O3S2. The molecule has 1 saturated carbocycles. The number of rotatable bonds is 8. The number of methoxy groups -OCH3 is 2. The standard InChI is InChI=1S/C16H19N3O3S2/c1-9(23-16-19-18-15(24-16)17-11-5-6-11)14(20)10-4-7-12(21-2)13(8-10)22-3/h4,7-9,11H,5-6H2,1-3H3,(H,17,18)/t9-/m0/s1. The molecule has 6 nitrogen and oxygen atoms in total. The summed E-state index contributed by atoms with van der Waals surface area (Å²) in [5, 5.41) is 12.1. The molecule has 0 spiro atoms. The summed E-state index contributed by atoms with van der Waals surface area (Å²) < 4.78 is 11.3. The fraction of sp³-hybridized carbons (Fsp3) is 0.438. The van der Waals surface area contributed by atoms with E-state index in [-0.39, 0.29) is 11.0 Å². The van der Waals surface area contributed by atoms with Crippen LogP contribution in [0, 0.1) is 0 Å². The van der Waals surface area contributed by atoms with Crippen LogP contribution in [0.3, 0.4) is 0 Å². The number of benzene rings is 1. The maximum absolute atomic E-state index is 12.6. The van der Waals surface area contributed by atoms with Crippen LogP contribution in [0.4, 0.5) is 5.13 Å². The van der Waals surface area contributed by atoms with E-state index in [1.807, 2.05) is 6.92 Å². The molecule has 1 N–H and O–H groups in total. The largest absolute Gasteiger partial charge is 0.493 e. The zero-order chi connectivity index (χ0) is 17.1. The first-order chi connectivity index (χ1) is 11.6. The highest BCUT2D eigenvalue weighted by Gasteiger charge is 2.24. The molecule has 1 atom stereocenters. The monoisotopic (exact) mass is 365 g/mol. The molecule has 24 heavy (non-hydrogen) atoms. The summed E-state index contributed by atoms with van der Waals surface area (Å²) in [5.41, 5.74) is 0.591. The number of anilines is 1. The number of carbonyl (C=O) groups is 1. The molecule has 1 aromatic carbocycles. The van der Waals surface area contributed by atoms with Gasteiger partial charge in [-0.25, -0.2) is 0 Å². The molecule has 1 aliphatic rings. The van der Waals surface area contributed by atoms with Crippen LogP contribution in [0.15, 0.2) is 22.5 Å². The van der Waals surface area contributed by atoms with Crippen LogP contribution in [0.5, 0.6) is 11.5 Å². The Bertz CT molecular complexity index is 731. The predicted octanol–water partition coefficient (Wildman–Crippen LogP) is 3.49. The third-order valence-corrected chi connectivity index (χ3v) is 5.66. The van der Waals surface area contributed by atoms with Crippen molar-refractivity contribution in [2.24, 2.45) is 0 Å². The minimum atomic E-state index is -0.259. The van der Waals surface area contributed by atoms with Crippen molar-refractivity contribution in [2.75, 3.05) is 19.5 Å². The number of ketones is 1. The summed E-state index contributed by atoms with van der Waals surface area (Å²) in [7, 11) is 3.13. The zero-order valence-corrected chi connectivity index (χ0v) is 15.4. The Kier molecular flexibility index (Phi) is 5.25. The topological polar surface area (TPSA) is 73.3 Å². The Morgan fingerprint density at radius 2 is 2.04 bits per heavy atom. The van der Waals surface area contributed by atoms with E-state index in [0.717, 1.165) is 9.47 Å². The lowest BCUT2D eigenvalue weighted by Gasteiger charge is -2.11. The molecule has 0 saturated heterocycles. The normalized spacial score (nSPS) is 15.0. The molecule has 0 amide bonds. The fourth-order valence-electron chi connectivity index (χ4n) is 2.15. The average molecular weight is 365 g/mol. The minimum absolute atomic E-state index is 0.0212.